The lowest BCUT2D eigenvalue weighted by Crippen LogP contribution is -2.13. The van der Waals surface area contributed by atoms with Crippen molar-refractivity contribution >= 4 is 30.2 Å². The van der Waals surface area contributed by atoms with Gasteiger partial charge in [0.05, 0.1) is 0 Å². The van der Waals surface area contributed by atoms with Gasteiger partial charge in [-0.05, 0) is 24.5 Å². The Labute approximate surface area is 104 Å². The molecule has 1 rings (SSSR count). The largest absolute Gasteiger partial charge is 0.479 e. The van der Waals surface area contributed by atoms with Crippen LogP contribution in [0.25, 0.3) is 0 Å². The fourth-order valence-corrected chi connectivity index (χ4v) is 2.00. The first kappa shape index (κ1) is 13.4. The van der Waals surface area contributed by atoms with E-state index in [0.717, 1.165) is 12.0 Å². The van der Waals surface area contributed by atoms with Gasteiger partial charge in [0.25, 0.3) is 0 Å². The molecule has 0 amide bonds. The zero-order valence-corrected chi connectivity index (χ0v) is 10.2. The van der Waals surface area contributed by atoms with Gasteiger partial charge in [0.2, 0.25) is 0 Å². The molecule has 3 nitrogen and oxygen atoms in total. The van der Waals surface area contributed by atoms with Crippen molar-refractivity contribution in [1.29, 1.82) is 0 Å². The van der Waals surface area contributed by atoms with Gasteiger partial charge >= 0.3 is 5.97 Å². The Balaban J connectivity index is 3.07. The van der Waals surface area contributed by atoms with Crippen molar-refractivity contribution in [3.63, 3.8) is 0 Å². The minimum Gasteiger partial charge on any atom is -0.479 e. The molecule has 1 aromatic rings. The van der Waals surface area contributed by atoms with E-state index in [1.165, 1.54) is 0 Å². The van der Waals surface area contributed by atoms with E-state index in [0.29, 0.717) is 22.8 Å². The lowest BCUT2D eigenvalue weighted by molar-refractivity contribution is -0.147. The van der Waals surface area contributed by atoms with Crippen molar-refractivity contribution in [2.24, 2.45) is 0 Å². The number of rotatable bonds is 5. The maximum Gasteiger partial charge on any atom is 0.337 e. The van der Waals surface area contributed by atoms with E-state index >= 15 is 0 Å². The van der Waals surface area contributed by atoms with E-state index < -0.39 is 12.1 Å². The second kappa shape index (κ2) is 6.13. The van der Waals surface area contributed by atoms with Gasteiger partial charge in [-0.25, -0.2) is 4.79 Å². The Hall–Kier alpha value is -0.710. The zero-order valence-electron chi connectivity index (χ0n) is 8.56. The first-order chi connectivity index (χ1) is 7.57. The van der Waals surface area contributed by atoms with Gasteiger partial charge in [-0.15, -0.1) is 24.2 Å². The number of hydrogen-bond acceptors (Lipinski definition) is 3. The summed E-state index contributed by atoms with van der Waals surface area (Å²) in [6, 6.07) is 5.23. The molecular formula is C11H13ClO3S. The summed E-state index contributed by atoms with van der Waals surface area (Å²) in [5, 5.41) is 18.4. The fourth-order valence-electron chi connectivity index (χ4n) is 1.51. The number of thiol groups is 1. The smallest absolute Gasteiger partial charge is 0.337 e. The number of alkyl halides is 1. The summed E-state index contributed by atoms with van der Waals surface area (Å²) >= 11 is 9.76. The number of aliphatic carboxylic acids is 1. The molecule has 0 aliphatic carbocycles. The first-order valence-corrected chi connectivity index (χ1v) is 5.83. The predicted octanol–water partition coefficient (Wildman–Crippen LogP) is 2.26. The van der Waals surface area contributed by atoms with Crippen LogP contribution in [0.15, 0.2) is 23.1 Å². The van der Waals surface area contributed by atoms with Crippen LogP contribution in [-0.4, -0.2) is 22.1 Å². The van der Waals surface area contributed by atoms with Gasteiger partial charge in [-0.1, -0.05) is 12.1 Å². The van der Waals surface area contributed by atoms with Gasteiger partial charge in [0.1, 0.15) is 0 Å². The van der Waals surface area contributed by atoms with Crippen LogP contribution >= 0.6 is 24.2 Å². The highest BCUT2D eigenvalue weighted by Gasteiger charge is 2.21. The highest BCUT2D eigenvalue weighted by atomic mass is 35.5. The second-order valence-corrected chi connectivity index (χ2v) is 4.24. The van der Waals surface area contributed by atoms with Crippen LogP contribution in [0, 0.1) is 0 Å². The van der Waals surface area contributed by atoms with Crippen LogP contribution in [0.3, 0.4) is 0 Å². The number of carboxylic acids is 1. The Kier molecular flexibility index (Phi) is 5.12. The molecule has 88 valence electrons. The van der Waals surface area contributed by atoms with Crippen molar-refractivity contribution in [2.75, 3.05) is 5.88 Å². The number of benzene rings is 1. The molecule has 0 heterocycles. The van der Waals surface area contributed by atoms with Crippen LogP contribution in [0.2, 0.25) is 0 Å². The number of aryl methyl sites for hydroxylation is 1. The van der Waals surface area contributed by atoms with Gasteiger partial charge in [-0.3, -0.25) is 0 Å². The molecule has 16 heavy (non-hydrogen) atoms. The molecule has 5 heteroatoms. The highest BCUT2D eigenvalue weighted by molar-refractivity contribution is 7.80. The van der Waals surface area contributed by atoms with Crippen LogP contribution in [0.4, 0.5) is 0 Å². The third kappa shape index (κ3) is 3.14. The summed E-state index contributed by atoms with van der Waals surface area (Å²) in [7, 11) is 0. The fraction of sp³-hybridized carbons (Fsp3) is 0.364. The van der Waals surface area contributed by atoms with Crippen LogP contribution < -0.4 is 0 Å². The van der Waals surface area contributed by atoms with Crippen molar-refractivity contribution in [3.8, 4) is 0 Å². The minimum atomic E-state index is -1.53. The first-order valence-electron chi connectivity index (χ1n) is 4.85. The normalized spacial score (nSPS) is 12.4. The standard InChI is InChI=1S/C11H13ClO3S/c12-6-2-4-7-3-1-5-8(16)9(7)10(13)11(14)15/h1,3,5,10,13,16H,2,4,6H2,(H,14,15). The lowest BCUT2D eigenvalue weighted by Gasteiger charge is -2.14. The van der Waals surface area contributed by atoms with E-state index in [1.807, 2.05) is 0 Å². The van der Waals surface area contributed by atoms with E-state index in [-0.39, 0.29) is 0 Å². The van der Waals surface area contributed by atoms with Crippen molar-refractivity contribution in [2.45, 2.75) is 23.8 Å². The van der Waals surface area contributed by atoms with E-state index in [4.69, 9.17) is 16.7 Å². The Morgan fingerprint density at radius 1 is 1.50 bits per heavy atom. The summed E-state index contributed by atoms with van der Waals surface area (Å²) in [6.45, 7) is 0. The molecule has 0 spiro atoms. The molecule has 0 aliphatic rings. The molecule has 0 saturated heterocycles. The van der Waals surface area contributed by atoms with Gasteiger partial charge < -0.3 is 10.2 Å². The molecule has 0 aromatic heterocycles. The maximum atomic E-state index is 10.8. The summed E-state index contributed by atoms with van der Waals surface area (Å²) in [5.41, 5.74) is 1.14. The molecular weight excluding hydrogens is 248 g/mol. The molecule has 0 saturated carbocycles. The molecule has 0 bridgehead atoms. The number of carbonyl (C=O) groups is 1. The quantitative estimate of drug-likeness (QED) is 0.562. The van der Waals surface area contributed by atoms with Gasteiger partial charge in [0.15, 0.2) is 6.10 Å². The molecule has 0 radical (unpaired) electrons. The monoisotopic (exact) mass is 260 g/mol. The summed E-state index contributed by atoms with van der Waals surface area (Å²) in [4.78, 5) is 11.3. The highest BCUT2D eigenvalue weighted by Crippen LogP contribution is 2.26. The van der Waals surface area contributed by atoms with Gasteiger partial charge in [-0.2, -0.15) is 0 Å². The van der Waals surface area contributed by atoms with Crippen molar-refractivity contribution in [1.82, 2.24) is 0 Å². The summed E-state index contributed by atoms with van der Waals surface area (Å²) in [6.07, 6.45) is -0.158. The Bertz CT molecular complexity index is 381. The molecule has 0 aliphatic heterocycles. The lowest BCUT2D eigenvalue weighted by atomic mass is 9.99. The predicted molar refractivity (Wildman–Crippen MR) is 65.3 cm³/mol. The molecule has 1 atom stereocenters. The van der Waals surface area contributed by atoms with E-state index in [2.05, 4.69) is 12.6 Å². The summed E-state index contributed by atoms with van der Waals surface area (Å²) in [5.74, 6) is -0.770. The Morgan fingerprint density at radius 3 is 2.75 bits per heavy atom. The number of carboxylic acid groups (broad SMARTS) is 1. The minimum absolute atomic E-state index is 0.364. The van der Waals surface area contributed by atoms with E-state index in [1.54, 1.807) is 18.2 Å². The number of hydrogen-bond donors (Lipinski definition) is 3. The number of aliphatic hydroxyl groups is 1. The average Bonchev–Trinajstić information content (AvgIpc) is 2.25. The van der Waals surface area contributed by atoms with Crippen LogP contribution in [0.5, 0.6) is 0 Å². The second-order valence-electron chi connectivity index (χ2n) is 3.38. The number of aliphatic hydroxyl groups excluding tert-OH is 1. The third-order valence-electron chi connectivity index (χ3n) is 2.26. The van der Waals surface area contributed by atoms with Crippen molar-refractivity contribution < 1.29 is 15.0 Å². The van der Waals surface area contributed by atoms with Crippen molar-refractivity contribution in [3.05, 3.63) is 29.3 Å². The summed E-state index contributed by atoms with van der Waals surface area (Å²) < 4.78 is 0. The number of halogens is 1. The topological polar surface area (TPSA) is 57.5 Å². The van der Waals surface area contributed by atoms with Crippen LogP contribution in [0.1, 0.15) is 23.7 Å². The van der Waals surface area contributed by atoms with E-state index in [9.17, 15) is 9.90 Å². The SMILES string of the molecule is O=C(O)C(O)c1c(S)cccc1CCCCl. The zero-order chi connectivity index (χ0) is 12.1. The average molecular weight is 261 g/mol. The molecule has 0 fully saturated rings. The molecule has 1 aromatic carbocycles. The molecule has 1 unspecified atom stereocenters. The Morgan fingerprint density at radius 2 is 2.19 bits per heavy atom. The van der Waals surface area contributed by atoms with Gasteiger partial charge in [0, 0.05) is 16.3 Å². The molecule has 2 N–H and O–H groups in total. The maximum absolute atomic E-state index is 10.8. The van der Waals surface area contributed by atoms with Crippen LogP contribution in [-0.2, 0) is 11.2 Å². The third-order valence-corrected chi connectivity index (χ3v) is 2.92.